The Kier molecular flexibility index (Phi) is 3.71. The molecular formula is C10H9ClN4S. The summed E-state index contributed by atoms with van der Waals surface area (Å²) in [6.45, 7) is 0.400. The second kappa shape index (κ2) is 5.25. The first-order chi connectivity index (χ1) is 7.78. The van der Waals surface area contributed by atoms with Crippen molar-refractivity contribution < 1.29 is 0 Å². The molecule has 16 heavy (non-hydrogen) atoms. The largest absolute Gasteiger partial charge is 0.325 e. The Labute approximate surface area is 102 Å². The molecule has 0 fully saturated rings. The third-order valence-electron chi connectivity index (χ3n) is 1.80. The van der Waals surface area contributed by atoms with Crippen LogP contribution in [0.2, 0.25) is 5.02 Å². The van der Waals surface area contributed by atoms with Crippen molar-refractivity contribution in [3.8, 4) is 0 Å². The van der Waals surface area contributed by atoms with Gasteiger partial charge in [0.2, 0.25) is 0 Å². The standard InChI is InChI=1S/C10H9ClN4S/c11-7-1-2-9(14-4-7)16-10-6-13-8(3-12)5-15-10/h1-2,4-6H,3,12H2. The molecule has 0 aliphatic rings. The molecule has 0 spiro atoms. The first-order valence-electron chi connectivity index (χ1n) is 4.58. The molecule has 2 rings (SSSR count). The molecule has 0 atom stereocenters. The van der Waals surface area contributed by atoms with Gasteiger partial charge in [-0.25, -0.2) is 9.97 Å². The molecule has 6 heteroatoms. The van der Waals surface area contributed by atoms with Gasteiger partial charge >= 0.3 is 0 Å². The van der Waals surface area contributed by atoms with Gasteiger partial charge in [0.25, 0.3) is 0 Å². The van der Waals surface area contributed by atoms with Crippen LogP contribution >= 0.6 is 23.4 Å². The highest BCUT2D eigenvalue weighted by atomic mass is 35.5. The third kappa shape index (κ3) is 2.91. The summed E-state index contributed by atoms with van der Waals surface area (Å²) in [5.74, 6) is 0. The van der Waals surface area contributed by atoms with Crippen molar-refractivity contribution in [3.05, 3.63) is 41.4 Å². The van der Waals surface area contributed by atoms with E-state index >= 15 is 0 Å². The summed E-state index contributed by atoms with van der Waals surface area (Å²) in [6.07, 6.45) is 4.95. The topological polar surface area (TPSA) is 64.7 Å². The highest BCUT2D eigenvalue weighted by Crippen LogP contribution is 2.23. The fourth-order valence-electron chi connectivity index (χ4n) is 1.03. The van der Waals surface area contributed by atoms with Crippen LogP contribution < -0.4 is 5.73 Å². The third-order valence-corrected chi connectivity index (χ3v) is 2.89. The number of hydrogen-bond acceptors (Lipinski definition) is 5. The molecule has 0 unspecified atom stereocenters. The zero-order valence-corrected chi connectivity index (χ0v) is 9.87. The molecule has 0 amide bonds. The molecule has 0 radical (unpaired) electrons. The molecule has 0 saturated heterocycles. The highest BCUT2D eigenvalue weighted by molar-refractivity contribution is 7.99. The summed E-state index contributed by atoms with van der Waals surface area (Å²) in [4.78, 5) is 12.5. The van der Waals surface area contributed by atoms with E-state index in [1.807, 2.05) is 6.07 Å². The van der Waals surface area contributed by atoms with Crippen molar-refractivity contribution in [1.29, 1.82) is 0 Å². The fourth-order valence-corrected chi connectivity index (χ4v) is 1.81. The Morgan fingerprint density at radius 2 is 1.88 bits per heavy atom. The lowest BCUT2D eigenvalue weighted by atomic mass is 10.5. The van der Waals surface area contributed by atoms with Crippen LogP contribution in [0.4, 0.5) is 0 Å². The van der Waals surface area contributed by atoms with E-state index < -0.39 is 0 Å². The van der Waals surface area contributed by atoms with Gasteiger partial charge in [-0.3, -0.25) is 4.98 Å². The van der Waals surface area contributed by atoms with Gasteiger partial charge in [0.05, 0.1) is 23.1 Å². The van der Waals surface area contributed by atoms with Crippen LogP contribution in [0.25, 0.3) is 0 Å². The monoisotopic (exact) mass is 252 g/mol. The lowest BCUT2D eigenvalue weighted by Gasteiger charge is -2.00. The average molecular weight is 253 g/mol. The SMILES string of the molecule is NCc1cnc(Sc2ccc(Cl)cn2)cn1. The summed E-state index contributed by atoms with van der Waals surface area (Å²) >= 11 is 7.17. The van der Waals surface area contributed by atoms with E-state index in [1.54, 1.807) is 24.7 Å². The molecule has 2 N–H and O–H groups in total. The minimum Gasteiger partial charge on any atom is -0.325 e. The van der Waals surface area contributed by atoms with Crippen LogP contribution in [-0.2, 0) is 6.54 Å². The quantitative estimate of drug-likeness (QED) is 0.907. The molecule has 0 aliphatic carbocycles. The number of halogens is 1. The van der Waals surface area contributed by atoms with Crippen molar-refractivity contribution in [3.63, 3.8) is 0 Å². The van der Waals surface area contributed by atoms with E-state index in [4.69, 9.17) is 17.3 Å². The van der Waals surface area contributed by atoms with Gasteiger partial charge < -0.3 is 5.73 Å². The second-order valence-electron chi connectivity index (χ2n) is 2.97. The van der Waals surface area contributed by atoms with Crippen LogP contribution in [-0.4, -0.2) is 15.0 Å². The van der Waals surface area contributed by atoms with E-state index in [2.05, 4.69) is 15.0 Å². The second-order valence-corrected chi connectivity index (χ2v) is 4.44. The molecule has 2 heterocycles. The number of pyridine rings is 1. The van der Waals surface area contributed by atoms with Crippen LogP contribution in [0.15, 0.2) is 40.8 Å². The first kappa shape index (κ1) is 11.3. The van der Waals surface area contributed by atoms with Crippen LogP contribution in [0.3, 0.4) is 0 Å². The van der Waals surface area contributed by atoms with E-state index in [0.717, 1.165) is 15.7 Å². The number of rotatable bonds is 3. The van der Waals surface area contributed by atoms with Crippen LogP contribution in [0, 0.1) is 0 Å². The van der Waals surface area contributed by atoms with Crippen molar-refractivity contribution in [2.45, 2.75) is 16.6 Å². The van der Waals surface area contributed by atoms with Gasteiger partial charge in [-0.1, -0.05) is 11.6 Å². The van der Waals surface area contributed by atoms with Gasteiger partial charge in [-0.2, -0.15) is 0 Å². The van der Waals surface area contributed by atoms with Gasteiger partial charge in [0.15, 0.2) is 0 Å². The molecule has 82 valence electrons. The molecule has 0 aliphatic heterocycles. The van der Waals surface area contributed by atoms with Crippen molar-refractivity contribution in [1.82, 2.24) is 15.0 Å². The van der Waals surface area contributed by atoms with Gasteiger partial charge in [-0.15, -0.1) is 0 Å². The van der Waals surface area contributed by atoms with Crippen LogP contribution in [0.5, 0.6) is 0 Å². The van der Waals surface area contributed by atoms with E-state index in [1.165, 1.54) is 11.8 Å². The number of nitrogens with two attached hydrogens (primary N) is 1. The summed E-state index contributed by atoms with van der Waals surface area (Å²) in [5.41, 5.74) is 6.20. The zero-order valence-electron chi connectivity index (χ0n) is 8.30. The summed E-state index contributed by atoms with van der Waals surface area (Å²) in [7, 11) is 0. The normalized spacial score (nSPS) is 10.4. The zero-order chi connectivity index (χ0) is 11.4. The predicted octanol–water partition coefficient (Wildman–Crippen LogP) is 2.13. The molecule has 2 aromatic heterocycles. The van der Waals surface area contributed by atoms with Crippen molar-refractivity contribution in [2.75, 3.05) is 0 Å². The highest BCUT2D eigenvalue weighted by Gasteiger charge is 2.01. The smallest absolute Gasteiger partial charge is 0.121 e. The first-order valence-corrected chi connectivity index (χ1v) is 5.78. The Morgan fingerprint density at radius 3 is 2.44 bits per heavy atom. The molecule has 0 aromatic carbocycles. The average Bonchev–Trinajstić information content (AvgIpc) is 2.33. The lowest BCUT2D eigenvalue weighted by Crippen LogP contribution is -2.00. The van der Waals surface area contributed by atoms with Gasteiger partial charge in [0, 0.05) is 12.7 Å². The maximum atomic E-state index is 5.74. The molecule has 0 bridgehead atoms. The van der Waals surface area contributed by atoms with Crippen LogP contribution in [0.1, 0.15) is 5.69 Å². The predicted molar refractivity (Wildman–Crippen MR) is 63.3 cm³/mol. The van der Waals surface area contributed by atoms with Crippen molar-refractivity contribution in [2.24, 2.45) is 5.73 Å². The Morgan fingerprint density at radius 1 is 1.06 bits per heavy atom. The Bertz CT molecular complexity index is 457. The van der Waals surface area contributed by atoms with E-state index in [0.29, 0.717) is 11.6 Å². The lowest BCUT2D eigenvalue weighted by molar-refractivity contribution is 0.922. The Balaban J connectivity index is 2.11. The fraction of sp³-hybridized carbons (Fsp3) is 0.100. The maximum absolute atomic E-state index is 5.74. The summed E-state index contributed by atoms with van der Waals surface area (Å²) in [5, 5.41) is 2.24. The number of hydrogen-bond donors (Lipinski definition) is 1. The Hall–Kier alpha value is -1.17. The van der Waals surface area contributed by atoms with Gasteiger partial charge in [0.1, 0.15) is 10.1 Å². The van der Waals surface area contributed by atoms with Crippen molar-refractivity contribution >= 4 is 23.4 Å². The van der Waals surface area contributed by atoms with E-state index in [9.17, 15) is 0 Å². The molecular weight excluding hydrogens is 244 g/mol. The number of aromatic nitrogens is 3. The summed E-state index contributed by atoms with van der Waals surface area (Å²) in [6, 6.07) is 3.63. The molecule has 0 saturated carbocycles. The molecule has 4 nitrogen and oxygen atoms in total. The number of nitrogens with zero attached hydrogens (tertiary/aromatic N) is 3. The minimum absolute atomic E-state index is 0.400. The van der Waals surface area contributed by atoms with Gasteiger partial charge in [-0.05, 0) is 23.9 Å². The summed E-state index contributed by atoms with van der Waals surface area (Å²) < 4.78 is 0. The molecule has 2 aromatic rings. The minimum atomic E-state index is 0.400. The van der Waals surface area contributed by atoms with E-state index in [-0.39, 0.29) is 0 Å². The maximum Gasteiger partial charge on any atom is 0.121 e.